The van der Waals surface area contributed by atoms with Gasteiger partial charge in [0.1, 0.15) is 5.78 Å². The summed E-state index contributed by atoms with van der Waals surface area (Å²) in [5, 5.41) is 9.99. The van der Waals surface area contributed by atoms with E-state index in [-0.39, 0.29) is 6.10 Å². The Labute approximate surface area is 135 Å². The molecule has 2 heteroatoms. The summed E-state index contributed by atoms with van der Waals surface area (Å²) < 4.78 is 0. The maximum absolute atomic E-state index is 12.1. The van der Waals surface area contributed by atoms with Crippen LogP contribution in [0.3, 0.4) is 0 Å². The van der Waals surface area contributed by atoms with Crippen LogP contribution < -0.4 is 0 Å². The van der Waals surface area contributed by atoms with Crippen molar-refractivity contribution in [2.75, 3.05) is 0 Å². The molecule has 0 radical (unpaired) electrons. The standard InChI is InChI=1S/C20H32O2/c1-12(21)19-8-5-15-10-18-14(11-20(15,19)2)4-3-13-9-16(22)6-7-17(13)18/h13-19,22H,3-11H2,1-2H3/t13?,14?,15?,16-,17?,18?,19-,20+/m1/s1. The summed E-state index contributed by atoms with van der Waals surface area (Å²) >= 11 is 0. The maximum atomic E-state index is 12.1. The van der Waals surface area contributed by atoms with Crippen LogP contribution in [0.25, 0.3) is 0 Å². The lowest BCUT2D eigenvalue weighted by atomic mass is 9.50. The Bertz CT molecular complexity index is 459. The molecule has 0 amide bonds. The second-order valence-electron chi connectivity index (χ2n) is 9.28. The van der Waals surface area contributed by atoms with Crippen molar-refractivity contribution in [3.63, 3.8) is 0 Å². The molecule has 0 aliphatic heterocycles. The van der Waals surface area contributed by atoms with Gasteiger partial charge in [0.15, 0.2) is 0 Å². The van der Waals surface area contributed by atoms with Gasteiger partial charge in [-0.25, -0.2) is 0 Å². The monoisotopic (exact) mass is 304 g/mol. The Morgan fingerprint density at radius 3 is 2.50 bits per heavy atom. The molecule has 0 heterocycles. The SMILES string of the molecule is CC(=O)[C@H]1CCC2CC3C(CCC4C[C@H](O)CCC43)C[C@@]21C. The van der Waals surface area contributed by atoms with E-state index in [1.165, 1.54) is 38.5 Å². The van der Waals surface area contributed by atoms with Crippen LogP contribution in [0, 0.1) is 40.9 Å². The number of hydrogen-bond donors (Lipinski definition) is 1. The van der Waals surface area contributed by atoms with E-state index in [1.807, 2.05) is 6.92 Å². The average Bonchev–Trinajstić information content (AvgIpc) is 2.80. The number of aliphatic hydroxyl groups is 1. The summed E-state index contributed by atoms with van der Waals surface area (Å²) in [5.41, 5.74) is 0.300. The van der Waals surface area contributed by atoms with Gasteiger partial charge < -0.3 is 5.11 Å². The summed E-state index contributed by atoms with van der Waals surface area (Å²) in [6.45, 7) is 4.26. The number of aliphatic hydroxyl groups excluding tert-OH is 1. The van der Waals surface area contributed by atoms with E-state index in [9.17, 15) is 9.90 Å². The minimum absolute atomic E-state index is 0.0276. The summed E-state index contributed by atoms with van der Waals surface area (Å²) in [6.07, 6.45) is 11.1. The van der Waals surface area contributed by atoms with Gasteiger partial charge in [0.05, 0.1) is 6.10 Å². The zero-order valence-electron chi connectivity index (χ0n) is 14.3. The lowest BCUT2D eigenvalue weighted by Crippen LogP contribution is -2.48. The molecule has 124 valence electrons. The minimum Gasteiger partial charge on any atom is -0.393 e. The van der Waals surface area contributed by atoms with E-state index in [4.69, 9.17) is 0 Å². The summed E-state index contributed by atoms with van der Waals surface area (Å²) in [7, 11) is 0. The maximum Gasteiger partial charge on any atom is 0.133 e. The summed E-state index contributed by atoms with van der Waals surface area (Å²) in [4.78, 5) is 12.1. The zero-order chi connectivity index (χ0) is 15.5. The minimum atomic E-state index is -0.0276. The molecule has 2 nitrogen and oxygen atoms in total. The Morgan fingerprint density at radius 2 is 1.73 bits per heavy atom. The van der Waals surface area contributed by atoms with Gasteiger partial charge in [-0.15, -0.1) is 0 Å². The number of Topliss-reactive ketones (excluding diaryl/α,β-unsaturated/α-hetero) is 1. The van der Waals surface area contributed by atoms with Crippen molar-refractivity contribution in [1.29, 1.82) is 0 Å². The first kappa shape index (κ1) is 15.2. The lowest BCUT2D eigenvalue weighted by Gasteiger charge is -2.55. The highest BCUT2D eigenvalue weighted by Gasteiger charge is 2.56. The van der Waals surface area contributed by atoms with E-state index < -0.39 is 0 Å². The number of rotatable bonds is 1. The Balaban J connectivity index is 1.55. The number of fused-ring (bicyclic) bond motifs is 4. The molecule has 0 aromatic heterocycles. The second-order valence-corrected chi connectivity index (χ2v) is 9.28. The number of carbonyl (C=O) groups is 1. The molecular formula is C20H32O2. The van der Waals surface area contributed by atoms with Crippen molar-refractivity contribution in [2.24, 2.45) is 40.9 Å². The van der Waals surface area contributed by atoms with Crippen molar-refractivity contribution in [3.8, 4) is 0 Å². The fraction of sp³-hybridized carbons (Fsp3) is 0.950. The van der Waals surface area contributed by atoms with Crippen LogP contribution in [-0.4, -0.2) is 17.0 Å². The largest absolute Gasteiger partial charge is 0.393 e. The first-order valence-electron chi connectivity index (χ1n) is 9.67. The average molecular weight is 304 g/mol. The number of carbonyl (C=O) groups excluding carboxylic acids is 1. The van der Waals surface area contributed by atoms with E-state index in [0.29, 0.717) is 17.1 Å². The van der Waals surface area contributed by atoms with Crippen LogP contribution in [0.4, 0.5) is 0 Å². The fourth-order valence-electron chi connectivity index (χ4n) is 7.34. The molecule has 5 unspecified atom stereocenters. The van der Waals surface area contributed by atoms with Crippen molar-refractivity contribution in [2.45, 2.75) is 77.7 Å². The van der Waals surface area contributed by atoms with E-state index in [1.54, 1.807) is 0 Å². The van der Waals surface area contributed by atoms with Crippen molar-refractivity contribution in [3.05, 3.63) is 0 Å². The molecule has 4 aliphatic rings. The molecule has 1 N–H and O–H groups in total. The molecule has 0 aromatic rings. The Morgan fingerprint density at radius 1 is 0.955 bits per heavy atom. The lowest BCUT2D eigenvalue weighted by molar-refractivity contribution is -0.128. The highest BCUT2D eigenvalue weighted by molar-refractivity contribution is 5.79. The molecular weight excluding hydrogens is 272 g/mol. The molecule has 4 aliphatic carbocycles. The molecule has 8 atom stereocenters. The zero-order valence-corrected chi connectivity index (χ0v) is 14.3. The van der Waals surface area contributed by atoms with E-state index in [2.05, 4.69) is 6.92 Å². The first-order chi connectivity index (χ1) is 10.5. The van der Waals surface area contributed by atoms with E-state index in [0.717, 1.165) is 48.9 Å². The normalized spacial score (nSPS) is 54.2. The molecule has 0 aromatic carbocycles. The molecule has 0 spiro atoms. The third-order valence-electron chi connectivity index (χ3n) is 8.36. The predicted molar refractivity (Wildman–Crippen MR) is 87.3 cm³/mol. The summed E-state index contributed by atoms with van der Waals surface area (Å²) in [5.74, 6) is 4.99. The van der Waals surface area contributed by atoms with Gasteiger partial charge in [0.25, 0.3) is 0 Å². The van der Waals surface area contributed by atoms with Gasteiger partial charge in [0.2, 0.25) is 0 Å². The predicted octanol–water partition coefficient (Wildman–Crippen LogP) is 4.21. The van der Waals surface area contributed by atoms with Crippen molar-refractivity contribution >= 4 is 5.78 Å². The smallest absolute Gasteiger partial charge is 0.133 e. The van der Waals surface area contributed by atoms with Gasteiger partial charge in [-0.1, -0.05) is 6.92 Å². The van der Waals surface area contributed by atoms with Crippen LogP contribution in [-0.2, 0) is 4.79 Å². The molecule has 0 saturated heterocycles. The number of ketones is 1. The molecule has 0 bridgehead atoms. The van der Waals surface area contributed by atoms with E-state index >= 15 is 0 Å². The number of hydrogen-bond acceptors (Lipinski definition) is 2. The fourth-order valence-corrected chi connectivity index (χ4v) is 7.34. The van der Waals surface area contributed by atoms with Crippen LogP contribution >= 0.6 is 0 Å². The van der Waals surface area contributed by atoms with Gasteiger partial charge in [0, 0.05) is 5.92 Å². The van der Waals surface area contributed by atoms with Gasteiger partial charge in [-0.2, -0.15) is 0 Å². The Kier molecular flexibility index (Phi) is 3.67. The van der Waals surface area contributed by atoms with Gasteiger partial charge >= 0.3 is 0 Å². The highest BCUT2D eigenvalue weighted by atomic mass is 16.3. The van der Waals surface area contributed by atoms with Crippen molar-refractivity contribution < 1.29 is 9.90 Å². The van der Waals surface area contributed by atoms with Crippen LogP contribution in [0.1, 0.15) is 71.6 Å². The van der Waals surface area contributed by atoms with Crippen LogP contribution in [0.2, 0.25) is 0 Å². The molecule has 22 heavy (non-hydrogen) atoms. The van der Waals surface area contributed by atoms with Crippen molar-refractivity contribution in [1.82, 2.24) is 0 Å². The van der Waals surface area contributed by atoms with Crippen LogP contribution in [0.15, 0.2) is 0 Å². The first-order valence-corrected chi connectivity index (χ1v) is 9.67. The third kappa shape index (κ3) is 2.20. The topological polar surface area (TPSA) is 37.3 Å². The quantitative estimate of drug-likeness (QED) is 0.788. The Hall–Kier alpha value is -0.370. The molecule has 4 rings (SSSR count). The second kappa shape index (κ2) is 5.33. The molecule has 4 fully saturated rings. The highest BCUT2D eigenvalue weighted by Crippen LogP contribution is 2.63. The van der Waals surface area contributed by atoms with Gasteiger partial charge in [-0.05, 0) is 99.7 Å². The van der Waals surface area contributed by atoms with Crippen LogP contribution in [0.5, 0.6) is 0 Å². The third-order valence-corrected chi connectivity index (χ3v) is 8.36. The van der Waals surface area contributed by atoms with Gasteiger partial charge in [-0.3, -0.25) is 4.79 Å². The molecule has 4 saturated carbocycles. The summed E-state index contributed by atoms with van der Waals surface area (Å²) in [6, 6.07) is 0.